The van der Waals surface area contributed by atoms with Gasteiger partial charge in [0.25, 0.3) is 0 Å². The van der Waals surface area contributed by atoms with Crippen LogP contribution in [0.2, 0.25) is 0 Å². The van der Waals surface area contributed by atoms with Gasteiger partial charge < -0.3 is 19.5 Å². The lowest BCUT2D eigenvalue weighted by Gasteiger charge is -2.19. The maximum Gasteiger partial charge on any atom is 0.488 e. The van der Waals surface area contributed by atoms with Crippen LogP contribution in [0.3, 0.4) is 0 Å². The molecule has 0 radical (unpaired) electrons. The molecule has 1 rings (SSSR count). The van der Waals surface area contributed by atoms with Crippen LogP contribution in [0.1, 0.15) is 20.8 Å². The number of hydrogen-bond donors (Lipinski definition) is 2. The van der Waals surface area contributed by atoms with Crippen LogP contribution in [-0.2, 0) is 9.53 Å². The van der Waals surface area contributed by atoms with Crippen molar-refractivity contribution >= 4 is 18.6 Å². The zero-order chi connectivity index (χ0) is 13.8. The van der Waals surface area contributed by atoms with Gasteiger partial charge in [0.1, 0.15) is 11.4 Å². The number of carbonyl (C=O) groups is 1. The summed E-state index contributed by atoms with van der Waals surface area (Å²) in [4.78, 5) is 11.4. The Hall–Kier alpha value is -1.53. The third-order valence-electron chi connectivity index (χ3n) is 1.95. The van der Waals surface area contributed by atoms with Crippen LogP contribution in [0.5, 0.6) is 5.75 Å². The van der Waals surface area contributed by atoms with Crippen molar-refractivity contribution in [3.8, 4) is 5.75 Å². The summed E-state index contributed by atoms with van der Waals surface area (Å²) in [7, 11) is -1.51. The highest BCUT2D eigenvalue weighted by molar-refractivity contribution is 6.58. The number of hydrogen-bond acceptors (Lipinski definition) is 5. The van der Waals surface area contributed by atoms with E-state index in [1.807, 2.05) is 0 Å². The van der Waals surface area contributed by atoms with E-state index in [0.29, 0.717) is 11.2 Å². The molecule has 0 bridgehead atoms. The third kappa shape index (κ3) is 5.20. The van der Waals surface area contributed by atoms with Gasteiger partial charge in [0.05, 0.1) is 0 Å². The van der Waals surface area contributed by atoms with Crippen molar-refractivity contribution in [1.29, 1.82) is 0 Å². The number of ether oxygens (including phenoxy) is 2. The Bertz CT molecular complexity index is 394. The van der Waals surface area contributed by atoms with E-state index in [0.717, 1.165) is 0 Å². The molecule has 0 aliphatic rings. The van der Waals surface area contributed by atoms with Crippen molar-refractivity contribution in [2.45, 2.75) is 26.4 Å². The number of rotatable bonds is 4. The van der Waals surface area contributed by atoms with Crippen LogP contribution in [0.15, 0.2) is 24.3 Å². The molecule has 2 N–H and O–H groups in total. The van der Waals surface area contributed by atoms with Gasteiger partial charge in [-0.05, 0) is 38.4 Å². The summed E-state index contributed by atoms with van der Waals surface area (Å²) in [5.74, 6) is 0.0130. The zero-order valence-corrected chi connectivity index (χ0v) is 10.7. The maximum absolute atomic E-state index is 11.4. The molecule has 0 unspecified atom stereocenters. The zero-order valence-electron chi connectivity index (χ0n) is 10.7. The number of esters is 1. The highest BCUT2D eigenvalue weighted by Gasteiger charge is 2.16. The minimum absolute atomic E-state index is 0.182. The summed E-state index contributed by atoms with van der Waals surface area (Å²) >= 11 is 0. The average Bonchev–Trinajstić information content (AvgIpc) is 2.24. The molecule has 6 heteroatoms. The molecule has 18 heavy (non-hydrogen) atoms. The van der Waals surface area contributed by atoms with Crippen molar-refractivity contribution in [2.75, 3.05) is 6.61 Å². The highest BCUT2D eigenvalue weighted by atomic mass is 16.6. The molecule has 0 saturated heterocycles. The van der Waals surface area contributed by atoms with E-state index in [4.69, 9.17) is 19.5 Å². The van der Waals surface area contributed by atoms with E-state index in [1.54, 1.807) is 32.9 Å². The smallest absolute Gasteiger partial charge is 0.482 e. The van der Waals surface area contributed by atoms with Crippen molar-refractivity contribution in [1.82, 2.24) is 0 Å². The lowest BCUT2D eigenvalue weighted by molar-refractivity contribution is -0.157. The van der Waals surface area contributed by atoms with Crippen molar-refractivity contribution in [3.05, 3.63) is 24.3 Å². The second-order valence-corrected chi connectivity index (χ2v) is 4.82. The predicted octanol–water partition coefficient (Wildman–Crippen LogP) is 0.0869. The molecule has 0 heterocycles. The topological polar surface area (TPSA) is 76.0 Å². The Morgan fingerprint density at radius 1 is 1.22 bits per heavy atom. The maximum atomic E-state index is 11.4. The summed E-state index contributed by atoms with van der Waals surface area (Å²) in [5.41, 5.74) is -0.176. The fourth-order valence-electron chi connectivity index (χ4n) is 1.25. The lowest BCUT2D eigenvalue weighted by Crippen LogP contribution is -2.29. The van der Waals surface area contributed by atoms with Crippen LogP contribution >= 0.6 is 0 Å². The second-order valence-electron chi connectivity index (χ2n) is 4.82. The van der Waals surface area contributed by atoms with E-state index in [9.17, 15) is 4.79 Å². The molecule has 0 aliphatic heterocycles. The molecular formula is C12H17BO5. The first-order valence-corrected chi connectivity index (χ1v) is 5.59. The minimum atomic E-state index is -1.51. The van der Waals surface area contributed by atoms with E-state index >= 15 is 0 Å². The van der Waals surface area contributed by atoms with Crippen LogP contribution in [-0.4, -0.2) is 35.3 Å². The van der Waals surface area contributed by atoms with E-state index in [1.165, 1.54) is 12.1 Å². The molecule has 0 spiro atoms. The average molecular weight is 252 g/mol. The summed E-state index contributed by atoms with van der Waals surface area (Å²) in [6, 6.07) is 6.13. The quantitative estimate of drug-likeness (QED) is 0.586. The summed E-state index contributed by atoms with van der Waals surface area (Å²) in [6.07, 6.45) is 0. The Kier molecular flexibility index (Phi) is 4.75. The molecule has 98 valence electrons. The molecule has 1 aromatic rings. The van der Waals surface area contributed by atoms with Gasteiger partial charge in [-0.1, -0.05) is 12.1 Å². The first-order valence-electron chi connectivity index (χ1n) is 5.59. The Labute approximate surface area is 106 Å². The van der Waals surface area contributed by atoms with Gasteiger partial charge in [0.15, 0.2) is 6.61 Å². The van der Waals surface area contributed by atoms with Gasteiger partial charge in [-0.15, -0.1) is 0 Å². The van der Waals surface area contributed by atoms with Crippen LogP contribution < -0.4 is 10.2 Å². The van der Waals surface area contributed by atoms with Gasteiger partial charge in [0, 0.05) is 0 Å². The molecule has 0 amide bonds. The summed E-state index contributed by atoms with van der Waals surface area (Å²) < 4.78 is 10.3. The van der Waals surface area contributed by atoms with Crippen LogP contribution in [0, 0.1) is 0 Å². The van der Waals surface area contributed by atoms with Gasteiger partial charge in [-0.25, -0.2) is 4.79 Å². The van der Waals surface area contributed by atoms with E-state index in [-0.39, 0.29) is 6.61 Å². The van der Waals surface area contributed by atoms with Gasteiger partial charge in [0.2, 0.25) is 0 Å². The largest absolute Gasteiger partial charge is 0.488 e. The van der Waals surface area contributed by atoms with Gasteiger partial charge in [-0.3, -0.25) is 0 Å². The van der Waals surface area contributed by atoms with Gasteiger partial charge in [-0.2, -0.15) is 0 Å². The molecule has 0 aliphatic carbocycles. The van der Waals surface area contributed by atoms with Crippen LogP contribution in [0.4, 0.5) is 0 Å². The van der Waals surface area contributed by atoms with Gasteiger partial charge >= 0.3 is 13.1 Å². The molecule has 0 atom stereocenters. The molecule has 5 nitrogen and oxygen atoms in total. The molecule has 1 aromatic carbocycles. The third-order valence-corrected chi connectivity index (χ3v) is 1.95. The number of benzene rings is 1. The van der Waals surface area contributed by atoms with E-state index < -0.39 is 18.7 Å². The predicted molar refractivity (Wildman–Crippen MR) is 67.6 cm³/mol. The fourth-order valence-corrected chi connectivity index (χ4v) is 1.25. The SMILES string of the molecule is CC(C)(C)OC(=O)COc1ccc(B(O)O)cc1. The van der Waals surface area contributed by atoms with Crippen LogP contribution in [0.25, 0.3) is 0 Å². The Morgan fingerprint density at radius 2 is 1.78 bits per heavy atom. The normalized spacial score (nSPS) is 10.9. The number of carbonyl (C=O) groups excluding carboxylic acids is 1. The first kappa shape index (κ1) is 14.5. The first-order chi connectivity index (χ1) is 8.28. The Balaban J connectivity index is 2.46. The summed E-state index contributed by atoms with van der Waals surface area (Å²) in [6.45, 7) is 5.16. The molecule has 0 saturated carbocycles. The van der Waals surface area contributed by atoms with Crippen molar-refractivity contribution in [2.24, 2.45) is 0 Å². The van der Waals surface area contributed by atoms with Crippen molar-refractivity contribution < 1.29 is 24.3 Å². The fraction of sp³-hybridized carbons (Fsp3) is 0.417. The lowest BCUT2D eigenvalue weighted by atomic mass is 9.80. The Morgan fingerprint density at radius 3 is 2.22 bits per heavy atom. The summed E-state index contributed by atoms with van der Waals surface area (Å²) in [5, 5.41) is 17.8. The molecule has 0 aromatic heterocycles. The highest BCUT2D eigenvalue weighted by Crippen LogP contribution is 2.10. The van der Waals surface area contributed by atoms with E-state index in [2.05, 4.69) is 0 Å². The van der Waals surface area contributed by atoms with Crippen molar-refractivity contribution in [3.63, 3.8) is 0 Å². The molecular weight excluding hydrogens is 235 g/mol. The monoisotopic (exact) mass is 252 g/mol. The minimum Gasteiger partial charge on any atom is -0.482 e. The second kappa shape index (κ2) is 5.88. The molecule has 0 fully saturated rings. The standard InChI is InChI=1S/C12H17BO5/c1-12(2,3)18-11(14)8-17-10-6-4-9(5-7-10)13(15)16/h4-7,15-16H,8H2,1-3H3.